The summed E-state index contributed by atoms with van der Waals surface area (Å²) < 4.78 is 27.7. The van der Waals surface area contributed by atoms with E-state index in [0.29, 0.717) is 5.69 Å². The number of benzene rings is 1. The fraction of sp³-hybridized carbons (Fsp3) is 0.250. The van der Waals surface area contributed by atoms with Gasteiger partial charge in [0.1, 0.15) is 35.0 Å². The Labute approximate surface area is 146 Å². The van der Waals surface area contributed by atoms with Gasteiger partial charge in [-0.3, -0.25) is 5.10 Å². The van der Waals surface area contributed by atoms with E-state index in [1.807, 2.05) is 0 Å². The summed E-state index contributed by atoms with van der Waals surface area (Å²) in [5, 5.41) is 18.0. The number of aliphatic hydroxyl groups is 1. The molecule has 1 aromatic carbocycles. The molecule has 0 amide bonds. The van der Waals surface area contributed by atoms with Gasteiger partial charge < -0.3 is 5.11 Å². The second-order valence-corrected chi connectivity index (χ2v) is 6.02. The van der Waals surface area contributed by atoms with E-state index < -0.39 is 23.2 Å². The van der Waals surface area contributed by atoms with Crippen LogP contribution in [-0.2, 0) is 12.0 Å². The largest absolute Gasteiger partial charge is 0.384 e. The van der Waals surface area contributed by atoms with Gasteiger partial charge in [-0.25, -0.2) is 23.7 Å². The normalized spacial score (nSPS) is 14.9. The van der Waals surface area contributed by atoms with E-state index in [1.165, 1.54) is 24.8 Å². The lowest BCUT2D eigenvalue weighted by atomic mass is 9.77. The van der Waals surface area contributed by atoms with Gasteiger partial charge in [0.05, 0.1) is 5.69 Å². The van der Waals surface area contributed by atoms with Gasteiger partial charge in [0.25, 0.3) is 0 Å². The van der Waals surface area contributed by atoms with Crippen LogP contribution in [-0.4, -0.2) is 30.3 Å². The van der Waals surface area contributed by atoms with E-state index in [2.05, 4.69) is 25.1 Å². The van der Waals surface area contributed by atoms with E-state index >= 15 is 0 Å². The van der Waals surface area contributed by atoms with Gasteiger partial charge in [0, 0.05) is 24.0 Å². The van der Waals surface area contributed by atoms with Crippen molar-refractivity contribution in [3.63, 3.8) is 0 Å². The molecule has 2 aromatic heterocycles. The molecule has 6 nitrogen and oxygen atoms in total. The molecule has 2 N–H and O–H groups in total. The van der Waals surface area contributed by atoms with E-state index in [-0.39, 0.29) is 23.0 Å². The standard InChI is InChI=1S/C16H14ClF2N5O/c1-9(13-5-14(17)21-7-20-13)16(25,6-15-22-8-23-24-15)11-3-2-10(18)4-12(11)19/h2-5,7-9,25H,6H2,1H3,(H,22,23,24). The zero-order valence-corrected chi connectivity index (χ0v) is 13.9. The van der Waals surface area contributed by atoms with Gasteiger partial charge in [-0.2, -0.15) is 5.10 Å². The van der Waals surface area contributed by atoms with Crippen LogP contribution in [0.4, 0.5) is 8.78 Å². The minimum absolute atomic E-state index is 0.0825. The summed E-state index contributed by atoms with van der Waals surface area (Å²) in [6.45, 7) is 1.66. The summed E-state index contributed by atoms with van der Waals surface area (Å²) >= 11 is 5.89. The summed E-state index contributed by atoms with van der Waals surface area (Å²) in [4.78, 5) is 11.9. The first-order valence-electron chi connectivity index (χ1n) is 7.40. The van der Waals surface area contributed by atoms with Crippen LogP contribution in [0.2, 0.25) is 5.15 Å². The SMILES string of the molecule is CC(c1cc(Cl)ncn1)C(O)(Cc1nc[nH]n1)c1ccc(F)cc1F. The second-order valence-electron chi connectivity index (χ2n) is 5.63. The maximum absolute atomic E-state index is 14.4. The molecule has 0 aliphatic rings. The van der Waals surface area contributed by atoms with Crippen LogP contribution in [0, 0.1) is 11.6 Å². The lowest BCUT2D eigenvalue weighted by Gasteiger charge is -2.34. The van der Waals surface area contributed by atoms with Crippen molar-refractivity contribution in [3.05, 3.63) is 70.8 Å². The molecular weight excluding hydrogens is 352 g/mol. The zero-order chi connectivity index (χ0) is 18.0. The zero-order valence-electron chi connectivity index (χ0n) is 13.1. The van der Waals surface area contributed by atoms with Crippen molar-refractivity contribution in [2.24, 2.45) is 0 Å². The predicted molar refractivity (Wildman–Crippen MR) is 85.8 cm³/mol. The van der Waals surface area contributed by atoms with E-state index in [0.717, 1.165) is 12.1 Å². The molecule has 2 atom stereocenters. The molecule has 25 heavy (non-hydrogen) atoms. The molecule has 0 saturated carbocycles. The predicted octanol–water partition coefficient (Wildman–Crippen LogP) is 2.76. The van der Waals surface area contributed by atoms with Crippen LogP contribution in [0.5, 0.6) is 0 Å². The lowest BCUT2D eigenvalue weighted by Crippen LogP contribution is -2.36. The molecule has 2 heterocycles. The van der Waals surface area contributed by atoms with E-state index in [9.17, 15) is 13.9 Å². The summed E-state index contributed by atoms with van der Waals surface area (Å²) in [5.74, 6) is -2.03. The highest BCUT2D eigenvalue weighted by Crippen LogP contribution is 2.40. The minimum Gasteiger partial charge on any atom is -0.384 e. The van der Waals surface area contributed by atoms with Crippen LogP contribution in [0.25, 0.3) is 0 Å². The van der Waals surface area contributed by atoms with Crippen LogP contribution in [0.15, 0.2) is 36.9 Å². The number of nitrogens with zero attached hydrogens (tertiary/aromatic N) is 4. The smallest absolute Gasteiger partial charge is 0.153 e. The third-order valence-electron chi connectivity index (χ3n) is 4.10. The molecule has 9 heteroatoms. The third kappa shape index (κ3) is 3.49. The summed E-state index contributed by atoms with van der Waals surface area (Å²) in [6, 6.07) is 4.49. The van der Waals surface area contributed by atoms with Gasteiger partial charge in [0.15, 0.2) is 5.82 Å². The molecule has 0 aliphatic heterocycles. The molecule has 0 spiro atoms. The fourth-order valence-electron chi connectivity index (χ4n) is 2.71. The van der Waals surface area contributed by atoms with Gasteiger partial charge in [0.2, 0.25) is 0 Å². The second kappa shape index (κ2) is 6.81. The van der Waals surface area contributed by atoms with E-state index in [1.54, 1.807) is 6.92 Å². The Morgan fingerprint density at radius 2 is 2.04 bits per heavy atom. The Bertz CT molecular complexity index is 877. The first kappa shape index (κ1) is 17.4. The Balaban J connectivity index is 2.11. The molecule has 3 aromatic rings. The summed E-state index contributed by atoms with van der Waals surface area (Å²) in [5.41, 5.74) is -1.46. The maximum atomic E-state index is 14.4. The molecule has 0 aliphatic carbocycles. The molecule has 3 rings (SSSR count). The number of hydrogen-bond donors (Lipinski definition) is 2. The van der Waals surface area contributed by atoms with Gasteiger partial charge >= 0.3 is 0 Å². The van der Waals surface area contributed by atoms with Crippen LogP contribution in [0.3, 0.4) is 0 Å². The van der Waals surface area contributed by atoms with Crippen molar-refractivity contribution in [2.75, 3.05) is 0 Å². The lowest BCUT2D eigenvalue weighted by molar-refractivity contribution is 0.00618. The molecule has 0 radical (unpaired) electrons. The average molecular weight is 366 g/mol. The summed E-state index contributed by atoms with van der Waals surface area (Å²) in [7, 11) is 0. The number of aromatic nitrogens is 5. The van der Waals surface area contributed by atoms with Crippen molar-refractivity contribution < 1.29 is 13.9 Å². The molecular formula is C16H14ClF2N5O. The third-order valence-corrected chi connectivity index (χ3v) is 4.31. The molecule has 0 saturated heterocycles. The first-order chi connectivity index (χ1) is 11.9. The number of nitrogens with one attached hydrogen (secondary N) is 1. The van der Waals surface area contributed by atoms with Gasteiger partial charge in [-0.15, -0.1) is 0 Å². The number of aromatic amines is 1. The Hall–Kier alpha value is -2.45. The quantitative estimate of drug-likeness (QED) is 0.679. The van der Waals surface area contributed by atoms with Crippen molar-refractivity contribution in [1.82, 2.24) is 25.1 Å². The van der Waals surface area contributed by atoms with Gasteiger partial charge in [-0.1, -0.05) is 24.6 Å². The molecule has 0 fully saturated rings. The highest BCUT2D eigenvalue weighted by molar-refractivity contribution is 6.29. The fourth-order valence-corrected chi connectivity index (χ4v) is 2.87. The van der Waals surface area contributed by atoms with Crippen molar-refractivity contribution in [1.29, 1.82) is 0 Å². The van der Waals surface area contributed by atoms with Crippen LogP contribution >= 0.6 is 11.6 Å². The van der Waals surface area contributed by atoms with Crippen LogP contribution in [0.1, 0.15) is 29.9 Å². The number of H-pyrrole nitrogens is 1. The van der Waals surface area contributed by atoms with Crippen molar-refractivity contribution in [3.8, 4) is 0 Å². The monoisotopic (exact) mass is 365 g/mol. The average Bonchev–Trinajstić information content (AvgIpc) is 3.06. The molecule has 0 bridgehead atoms. The van der Waals surface area contributed by atoms with E-state index in [4.69, 9.17) is 11.6 Å². The molecule has 130 valence electrons. The number of rotatable bonds is 5. The Morgan fingerprint density at radius 1 is 1.24 bits per heavy atom. The van der Waals surface area contributed by atoms with Crippen molar-refractivity contribution in [2.45, 2.75) is 24.9 Å². The first-order valence-corrected chi connectivity index (χ1v) is 7.78. The summed E-state index contributed by atoms with van der Waals surface area (Å²) in [6.07, 6.45) is 2.49. The topological polar surface area (TPSA) is 87.6 Å². The molecule has 2 unspecified atom stereocenters. The van der Waals surface area contributed by atoms with Gasteiger partial charge in [-0.05, 0) is 12.1 Å². The number of halogens is 3. The highest BCUT2D eigenvalue weighted by Gasteiger charge is 2.41. The van der Waals surface area contributed by atoms with Crippen LogP contribution < -0.4 is 0 Å². The number of hydrogen-bond acceptors (Lipinski definition) is 5. The minimum atomic E-state index is -1.78. The Morgan fingerprint density at radius 3 is 2.68 bits per heavy atom. The Kier molecular flexibility index (Phi) is 4.73. The van der Waals surface area contributed by atoms with Crippen molar-refractivity contribution >= 4 is 11.6 Å². The maximum Gasteiger partial charge on any atom is 0.153 e. The highest BCUT2D eigenvalue weighted by atomic mass is 35.5.